The first-order valence-electron chi connectivity index (χ1n) is 17.7. The number of ether oxygens (including phenoxy) is 2. The Morgan fingerprint density at radius 3 is 1.44 bits per heavy atom. The van der Waals surface area contributed by atoms with Gasteiger partial charge in [0.2, 0.25) is 0 Å². The van der Waals surface area contributed by atoms with Crippen molar-refractivity contribution in [1.29, 1.82) is 0 Å². The molecule has 0 saturated carbocycles. The van der Waals surface area contributed by atoms with Crippen LogP contribution in [0.5, 0.6) is 11.5 Å². The van der Waals surface area contributed by atoms with Gasteiger partial charge in [-0.25, -0.2) is 0 Å². The molecule has 6 heteroatoms. The monoisotopic (exact) mass is 684 g/mol. The van der Waals surface area contributed by atoms with Gasteiger partial charge in [-0.15, -0.1) is 0 Å². The molecule has 0 unspecified atom stereocenters. The second-order valence-electron chi connectivity index (χ2n) is 13.9. The Labute approximate surface area is 298 Å². The number of likely N-dealkylation sites (tertiary alicyclic amines) is 2. The van der Waals surface area contributed by atoms with Crippen LogP contribution in [0.3, 0.4) is 0 Å². The normalized spacial score (nSPS) is 19.0. The molecule has 2 atom stereocenters. The lowest BCUT2D eigenvalue weighted by Crippen LogP contribution is -2.36. The molecule has 2 aliphatic rings. The van der Waals surface area contributed by atoms with E-state index in [2.05, 4.69) is 98.2 Å². The molecule has 2 aliphatic heterocycles. The third-order valence-electron chi connectivity index (χ3n) is 10.6. The predicted octanol–water partition coefficient (Wildman–Crippen LogP) is 11.2. The topological polar surface area (TPSA) is 24.9 Å². The molecule has 2 fully saturated rings. The van der Waals surface area contributed by atoms with Crippen LogP contribution < -0.4 is 9.47 Å². The van der Waals surface area contributed by atoms with E-state index in [1.54, 1.807) is 0 Å². The lowest BCUT2D eigenvalue weighted by atomic mass is 9.92. The van der Waals surface area contributed by atoms with Crippen molar-refractivity contribution in [3.8, 4) is 22.6 Å². The van der Waals surface area contributed by atoms with E-state index in [-0.39, 0.29) is 0 Å². The minimum absolute atomic E-state index is 0.453. The first-order chi connectivity index (χ1) is 23.3. The standard InChI is InChI=1S/C42H50Cl2N2O2/c1-29-11-5-7-21-45(29)25-33-17-19-41(39(43)23-33)47-27-35-13-9-15-37(31(35)3)38-16-10-14-36(32(38)4)28-48-42-20-18-34(24-40(42)44)26-46-22-8-6-12-30(46)2/h9-10,13-20,23-24,29-30H,5-8,11-12,21-22,25-28H2,1-4H3/t29-,30-/m1/s1. The van der Waals surface area contributed by atoms with Gasteiger partial charge in [-0.05, 0) is 135 Å². The summed E-state index contributed by atoms with van der Waals surface area (Å²) < 4.78 is 12.6. The van der Waals surface area contributed by atoms with Crippen LogP contribution in [0.25, 0.3) is 11.1 Å². The highest BCUT2D eigenvalue weighted by molar-refractivity contribution is 6.32. The summed E-state index contributed by atoms with van der Waals surface area (Å²) in [4.78, 5) is 5.11. The maximum Gasteiger partial charge on any atom is 0.138 e. The molecule has 2 heterocycles. The smallest absolute Gasteiger partial charge is 0.138 e. The molecule has 254 valence electrons. The molecule has 0 aromatic heterocycles. The van der Waals surface area contributed by atoms with E-state index in [0.29, 0.717) is 35.3 Å². The second-order valence-corrected chi connectivity index (χ2v) is 14.7. The van der Waals surface area contributed by atoms with Gasteiger partial charge in [-0.1, -0.05) is 84.6 Å². The quantitative estimate of drug-likeness (QED) is 0.157. The molecule has 0 spiro atoms. The summed E-state index contributed by atoms with van der Waals surface area (Å²) in [6, 6.07) is 26.6. The predicted molar refractivity (Wildman–Crippen MR) is 200 cm³/mol. The van der Waals surface area contributed by atoms with Crippen LogP contribution in [0, 0.1) is 13.8 Å². The highest BCUT2D eigenvalue weighted by atomic mass is 35.5. The van der Waals surface area contributed by atoms with Gasteiger partial charge >= 0.3 is 0 Å². The van der Waals surface area contributed by atoms with Gasteiger partial charge in [-0.2, -0.15) is 0 Å². The van der Waals surface area contributed by atoms with Crippen molar-refractivity contribution in [2.45, 2.75) is 105 Å². The van der Waals surface area contributed by atoms with E-state index >= 15 is 0 Å². The Kier molecular flexibility index (Phi) is 11.7. The fraction of sp³-hybridized carbons (Fsp3) is 0.429. The van der Waals surface area contributed by atoms with E-state index in [1.807, 2.05) is 12.1 Å². The van der Waals surface area contributed by atoms with Crippen LogP contribution in [-0.4, -0.2) is 35.0 Å². The largest absolute Gasteiger partial charge is 0.487 e. The number of hydrogen-bond acceptors (Lipinski definition) is 4. The molecule has 4 aromatic rings. The maximum atomic E-state index is 6.73. The molecule has 4 nitrogen and oxygen atoms in total. The second kappa shape index (κ2) is 16.1. The highest BCUT2D eigenvalue weighted by Crippen LogP contribution is 2.34. The Morgan fingerprint density at radius 1 is 0.604 bits per heavy atom. The first-order valence-corrected chi connectivity index (χ1v) is 18.5. The minimum Gasteiger partial charge on any atom is -0.487 e. The summed E-state index contributed by atoms with van der Waals surface area (Å²) in [7, 11) is 0. The van der Waals surface area contributed by atoms with Crippen molar-refractivity contribution < 1.29 is 9.47 Å². The van der Waals surface area contributed by atoms with E-state index < -0.39 is 0 Å². The average molecular weight is 686 g/mol. The number of rotatable bonds is 11. The number of benzene rings is 4. The molecule has 4 aromatic carbocycles. The summed E-state index contributed by atoms with van der Waals surface area (Å²) >= 11 is 13.5. The minimum atomic E-state index is 0.453. The summed E-state index contributed by atoms with van der Waals surface area (Å²) in [5, 5.41) is 1.33. The zero-order chi connectivity index (χ0) is 33.6. The third-order valence-corrected chi connectivity index (χ3v) is 11.2. The summed E-state index contributed by atoms with van der Waals surface area (Å²) in [6.45, 7) is 14.1. The summed E-state index contributed by atoms with van der Waals surface area (Å²) in [5.41, 5.74) is 9.55. The van der Waals surface area contributed by atoms with Crippen LogP contribution in [0.2, 0.25) is 10.0 Å². The van der Waals surface area contributed by atoms with Crippen LogP contribution in [-0.2, 0) is 26.3 Å². The van der Waals surface area contributed by atoms with Crippen molar-refractivity contribution in [1.82, 2.24) is 9.80 Å². The van der Waals surface area contributed by atoms with Gasteiger partial charge in [0.1, 0.15) is 24.7 Å². The average Bonchev–Trinajstić information content (AvgIpc) is 3.07. The Bertz CT molecular complexity index is 1580. The van der Waals surface area contributed by atoms with Crippen LogP contribution >= 0.6 is 23.2 Å². The van der Waals surface area contributed by atoms with Gasteiger partial charge in [0.15, 0.2) is 0 Å². The van der Waals surface area contributed by atoms with Gasteiger partial charge in [0.05, 0.1) is 10.0 Å². The van der Waals surface area contributed by atoms with Crippen LogP contribution in [0.15, 0.2) is 72.8 Å². The Hall–Kier alpha value is -3.02. The van der Waals surface area contributed by atoms with Gasteiger partial charge in [-0.3, -0.25) is 9.80 Å². The SMILES string of the molecule is Cc1c(COc2ccc(CN3CCCC[C@H]3C)cc2Cl)cccc1-c1cccc(COc2ccc(CN3CCCC[C@H]3C)cc2Cl)c1C. The van der Waals surface area contributed by atoms with E-state index in [9.17, 15) is 0 Å². The molecule has 0 radical (unpaired) electrons. The summed E-state index contributed by atoms with van der Waals surface area (Å²) in [5.74, 6) is 1.44. The molecule has 6 rings (SSSR count). The molecule has 2 saturated heterocycles. The Morgan fingerprint density at radius 2 is 1.04 bits per heavy atom. The fourth-order valence-corrected chi connectivity index (χ4v) is 7.86. The van der Waals surface area contributed by atoms with Crippen molar-refractivity contribution in [2.24, 2.45) is 0 Å². The van der Waals surface area contributed by atoms with Crippen molar-refractivity contribution in [3.63, 3.8) is 0 Å². The molecule has 0 aliphatic carbocycles. The number of piperidine rings is 2. The van der Waals surface area contributed by atoms with Crippen molar-refractivity contribution in [3.05, 3.63) is 116 Å². The van der Waals surface area contributed by atoms with Crippen molar-refractivity contribution >= 4 is 23.2 Å². The highest BCUT2D eigenvalue weighted by Gasteiger charge is 2.20. The lowest BCUT2D eigenvalue weighted by molar-refractivity contribution is 0.152. The lowest BCUT2D eigenvalue weighted by Gasteiger charge is -2.33. The molecule has 0 bridgehead atoms. The zero-order valence-electron chi connectivity index (χ0n) is 29.0. The number of nitrogens with zero attached hydrogens (tertiary/aromatic N) is 2. The first kappa shape index (κ1) is 34.8. The number of hydrogen-bond donors (Lipinski definition) is 0. The maximum absolute atomic E-state index is 6.73. The molecule has 0 amide bonds. The van der Waals surface area contributed by atoms with Gasteiger partial charge < -0.3 is 9.47 Å². The van der Waals surface area contributed by atoms with E-state index in [1.165, 1.54) is 71.9 Å². The van der Waals surface area contributed by atoms with Crippen LogP contribution in [0.1, 0.15) is 85.8 Å². The van der Waals surface area contributed by atoms with E-state index in [4.69, 9.17) is 32.7 Å². The van der Waals surface area contributed by atoms with Gasteiger partial charge in [0, 0.05) is 25.2 Å². The van der Waals surface area contributed by atoms with E-state index in [0.717, 1.165) is 48.8 Å². The molecular formula is C42H50Cl2N2O2. The molecule has 0 N–H and O–H groups in total. The third kappa shape index (κ3) is 8.40. The summed E-state index contributed by atoms with van der Waals surface area (Å²) in [6.07, 6.45) is 7.75. The zero-order valence-corrected chi connectivity index (χ0v) is 30.5. The van der Waals surface area contributed by atoms with Crippen molar-refractivity contribution in [2.75, 3.05) is 13.1 Å². The van der Waals surface area contributed by atoms with Crippen LogP contribution in [0.4, 0.5) is 0 Å². The van der Waals surface area contributed by atoms with Gasteiger partial charge in [0.25, 0.3) is 0 Å². The molecular weight excluding hydrogens is 635 g/mol. The number of halogens is 2. The fourth-order valence-electron chi connectivity index (χ4n) is 7.35. The molecule has 48 heavy (non-hydrogen) atoms. The Balaban J connectivity index is 1.10.